The molecule has 2 saturated heterocycles. The van der Waals surface area contributed by atoms with Crippen molar-refractivity contribution < 1.29 is 33.5 Å². The lowest BCUT2D eigenvalue weighted by atomic mass is 9.78. The largest absolute Gasteiger partial charge is 0.488 e. The minimum Gasteiger partial charge on any atom is -0.488 e. The molecule has 290 valence electrons. The van der Waals surface area contributed by atoms with Gasteiger partial charge in [0.2, 0.25) is 0 Å². The Labute approximate surface area is 382 Å². The molecule has 2 aliphatic heterocycles. The predicted molar refractivity (Wildman–Crippen MR) is 239 cm³/mol. The van der Waals surface area contributed by atoms with E-state index in [0.29, 0.717) is 24.7 Å². The Hall–Kier alpha value is -0.200. The van der Waals surface area contributed by atoms with E-state index in [2.05, 4.69) is 179 Å². The van der Waals surface area contributed by atoms with E-state index in [1.807, 2.05) is 24.3 Å². The van der Waals surface area contributed by atoms with E-state index in [-0.39, 0.29) is 36.3 Å². The molecule has 0 spiro atoms. The number of ether oxygens (including phenoxy) is 6. The number of aliphatic hydroxyl groups is 1. The molecule has 2 heterocycles. The third kappa shape index (κ3) is 10.3. The van der Waals surface area contributed by atoms with Crippen molar-refractivity contribution in [3.63, 3.8) is 0 Å². The zero-order valence-electron chi connectivity index (χ0n) is 29.5. The van der Waals surface area contributed by atoms with E-state index < -0.39 is 6.10 Å². The summed E-state index contributed by atoms with van der Waals surface area (Å²) in [6.07, 6.45) is -0.571. The van der Waals surface area contributed by atoms with Crippen LogP contribution in [-0.2, 0) is 20.3 Å². The molecule has 0 bridgehead atoms. The van der Waals surface area contributed by atoms with Crippen molar-refractivity contribution in [1.29, 1.82) is 0 Å². The highest BCUT2D eigenvalue weighted by Crippen LogP contribution is 2.46. The van der Waals surface area contributed by atoms with Crippen LogP contribution in [-0.4, -0.2) is 63.1 Å². The minimum absolute atomic E-state index is 0.0185. The highest BCUT2D eigenvalue weighted by molar-refractivity contribution is 9.12. The van der Waals surface area contributed by atoms with Gasteiger partial charge in [-0.15, -0.1) is 0 Å². The first kappa shape index (κ1) is 43.4. The maximum absolute atomic E-state index is 10.9. The minimum atomic E-state index is -0.904. The van der Waals surface area contributed by atoms with Gasteiger partial charge in [-0.25, -0.2) is 0 Å². The Morgan fingerprint density at radius 1 is 0.500 bits per heavy atom. The zero-order valence-corrected chi connectivity index (χ0v) is 42.2. The van der Waals surface area contributed by atoms with Crippen molar-refractivity contribution in [3.05, 3.63) is 107 Å². The van der Waals surface area contributed by atoms with Crippen LogP contribution in [0.1, 0.15) is 49.9 Å². The normalized spacial score (nSPS) is 17.3. The summed E-state index contributed by atoms with van der Waals surface area (Å²) in [4.78, 5) is 0. The molecule has 1 N–H and O–H groups in total. The lowest BCUT2D eigenvalue weighted by Gasteiger charge is -2.29. The quantitative estimate of drug-likeness (QED) is 0.112. The average Bonchev–Trinajstić information content (AvgIpc) is 4.03. The summed E-state index contributed by atoms with van der Waals surface area (Å²) >= 11 is 29.6. The van der Waals surface area contributed by atoms with Crippen LogP contribution in [0.5, 0.6) is 23.0 Å². The second-order valence-corrected chi connectivity index (χ2v) is 21.0. The maximum atomic E-state index is 10.9. The van der Waals surface area contributed by atoms with E-state index in [9.17, 15) is 5.11 Å². The number of hydrogen-bond donors (Lipinski definition) is 1. The first-order valence-electron chi connectivity index (χ1n) is 16.9. The third-order valence-corrected chi connectivity index (χ3v) is 14.1. The van der Waals surface area contributed by atoms with Crippen LogP contribution in [0.15, 0.2) is 84.3 Å². The lowest BCUT2D eigenvalue weighted by molar-refractivity contribution is 0.0615. The number of epoxide rings is 2. The first-order chi connectivity index (χ1) is 25.4. The van der Waals surface area contributed by atoms with Crippen molar-refractivity contribution in [3.8, 4) is 23.0 Å². The lowest BCUT2D eigenvalue weighted by Crippen LogP contribution is -2.26. The van der Waals surface area contributed by atoms with Gasteiger partial charge in [0.05, 0.1) is 49.0 Å². The van der Waals surface area contributed by atoms with Crippen LogP contribution in [0.3, 0.4) is 0 Å². The van der Waals surface area contributed by atoms with E-state index in [4.69, 9.17) is 28.4 Å². The third-order valence-electron chi connectivity index (χ3n) is 9.35. The van der Waals surface area contributed by atoms with Crippen molar-refractivity contribution in [2.75, 3.05) is 39.6 Å². The first-order valence-corrected chi connectivity index (χ1v) is 23.2. The molecule has 54 heavy (non-hydrogen) atoms. The van der Waals surface area contributed by atoms with Gasteiger partial charge in [-0.1, -0.05) is 27.7 Å². The van der Waals surface area contributed by atoms with Gasteiger partial charge in [0.1, 0.15) is 67.7 Å². The second-order valence-electron chi connectivity index (χ2n) is 14.1. The van der Waals surface area contributed by atoms with Crippen LogP contribution < -0.4 is 18.9 Å². The summed E-state index contributed by atoms with van der Waals surface area (Å²) in [6.45, 7) is 11.2. The Morgan fingerprint density at radius 2 is 0.722 bits per heavy atom. The predicted octanol–water partition coefficient (Wildman–Crippen LogP) is 12.8. The van der Waals surface area contributed by atoms with Gasteiger partial charge in [0.15, 0.2) is 0 Å². The van der Waals surface area contributed by atoms with E-state index in [1.54, 1.807) is 0 Å². The standard InChI is InChI=1S/C39H36Br8O7/c1-38(2,21-9-30(44)36(31(45)10-21)53-17-24-15-49-24)19-5-26(40)34(27(41)6-19)51-13-23(48)14-52-35-28(42)7-20(8-29(35)43)39(3,4)22-11-32(46)37(33(47)12-22)54-18-25-16-50-25/h5-12,23-25,48H,13-18H2,1-4H3. The molecule has 0 amide bonds. The highest BCUT2D eigenvalue weighted by Gasteiger charge is 2.31. The van der Waals surface area contributed by atoms with Crippen LogP contribution in [0.4, 0.5) is 0 Å². The highest BCUT2D eigenvalue weighted by atomic mass is 79.9. The van der Waals surface area contributed by atoms with Gasteiger partial charge in [0.25, 0.3) is 0 Å². The Kier molecular flexibility index (Phi) is 14.4. The van der Waals surface area contributed by atoms with Crippen LogP contribution in [0, 0.1) is 0 Å². The summed E-state index contributed by atoms with van der Waals surface area (Å²) in [7, 11) is 0. The molecule has 2 unspecified atom stereocenters. The summed E-state index contributed by atoms with van der Waals surface area (Å²) in [6, 6.07) is 16.5. The monoisotopic (exact) mass is 1250 g/mol. The Morgan fingerprint density at radius 3 is 0.944 bits per heavy atom. The summed E-state index contributed by atoms with van der Waals surface area (Å²) in [5.41, 5.74) is 3.55. The van der Waals surface area contributed by atoms with Crippen LogP contribution in [0.2, 0.25) is 0 Å². The smallest absolute Gasteiger partial charge is 0.147 e. The van der Waals surface area contributed by atoms with Gasteiger partial charge >= 0.3 is 0 Å². The molecule has 4 aromatic rings. The molecule has 2 fully saturated rings. The molecule has 4 aromatic carbocycles. The molecule has 2 atom stereocenters. The van der Waals surface area contributed by atoms with Gasteiger partial charge in [-0.2, -0.15) is 0 Å². The van der Waals surface area contributed by atoms with E-state index >= 15 is 0 Å². The summed E-state index contributed by atoms with van der Waals surface area (Å²) in [5, 5.41) is 10.9. The molecule has 0 radical (unpaired) electrons. The summed E-state index contributed by atoms with van der Waals surface area (Å²) in [5.74, 6) is 2.69. The van der Waals surface area contributed by atoms with Gasteiger partial charge in [0, 0.05) is 10.8 Å². The Balaban J connectivity index is 1.08. The fourth-order valence-electron chi connectivity index (χ4n) is 5.66. The zero-order chi connectivity index (χ0) is 39.1. The average molecular weight is 1260 g/mol. The second kappa shape index (κ2) is 18.0. The number of benzene rings is 4. The van der Waals surface area contributed by atoms with Crippen molar-refractivity contribution >= 4 is 127 Å². The summed E-state index contributed by atoms with van der Waals surface area (Å²) < 4.78 is 41.2. The van der Waals surface area contributed by atoms with Crippen LogP contribution >= 0.6 is 127 Å². The SMILES string of the molecule is CC(C)(c1cc(Br)c(OCC(O)COc2c(Br)cc(C(C)(C)c3cc(Br)c(OCC4CO4)c(Br)c3)cc2Br)c(Br)c1)c1cc(Br)c(OCC2CO2)c(Br)c1. The van der Waals surface area contributed by atoms with E-state index in [1.165, 1.54) is 0 Å². The number of rotatable bonds is 16. The number of halogens is 8. The fraction of sp³-hybridized carbons (Fsp3) is 0.385. The number of hydrogen-bond acceptors (Lipinski definition) is 7. The maximum Gasteiger partial charge on any atom is 0.147 e. The van der Waals surface area contributed by atoms with Crippen molar-refractivity contribution in [1.82, 2.24) is 0 Å². The van der Waals surface area contributed by atoms with Gasteiger partial charge in [-0.05, 0) is 198 Å². The molecule has 0 aromatic heterocycles. The molecule has 7 nitrogen and oxygen atoms in total. The van der Waals surface area contributed by atoms with E-state index in [0.717, 1.165) is 82.7 Å². The van der Waals surface area contributed by atoms with Gasteiger partial charge < -0.3 is 33.5 Å². The van der Waals surface area contributed by atoms with Crippen molar-refractivity contribution in [2.45, 2.75) is 56.8 Å². The molecule has 0 aliphatic carbocycles. The fourth-order valence-corrected chi connectivity index (χ4v) is 11.3. The molecule has 2 aliphatic rings. The molecule has 15 heteroatoms. The molecular weight excluding hydrogens is 1220 g/mol. The molecule has 0 saturated carbocycles. The number of aliphatic hydroxyl groups excluding tert-OH is 1. The van der Waals surface area contributed by atoms with Gasteiger partial charge in [-0.3, -0.25) is 0 Å². The molecule has 6 rings (SSSR count). The Bertz CT molecular complexity index is 1800. The van der Waals surface area contributed by atoms with Crippen LogP contribution in [0.25, 0.3) is 0 Å². The molecular formula is C39H36Br8O7. The van der Waals surface area contributed by atoms with Crippen molar-refractivity contribution in [2.24, 2.45) is 0 Å². The topological polar surface area (TPSA) is 82.2 Å².